The maximum atomic E-state index is 14.1. The van der Waals surface area contributed by atoms with Crippen molar-refractivity contribution in [2.45, 2.75) is 50.2 Å². The number of carbonyl (C=O) groups excluding carboxylic acids is 2. The topological polar surface area (TPSA) is 136 Å². The lowest BCUT2D eigenvalue weighted by atomic mass is 9.98. The molecule has 0 spiro atoms. The number of amides is 3. The first kappa shape index (κ1) is 33.6. The summed E-state index contributed by atoms with van der Waals surface area (Å²) in [6, 6.07) is 12.1. The predicted molar refractivity (Wildman–Crippen MR) is 187 cm³/mol. The molecule has 1 aromatic heterocycles. The monoisotopic (exact) mass is 673 g/mol. The van der Waals surface area contributed by atoms with E-state index < -0.39 is 6.04 Å². The lowest BCUT2D eigenvalue weighted by Crippen LogP contribution is -2.57. The lowest BCUT2D eigenvalue weighted by Gasteiger charge is -2.42. The number of anilines is 1. The highest BCUT2D eigenvalue weighted by Crippen LogP contribution is 2.27. The molecule has 48 heavy (non-hydrogen) atoms. The molecular weight excluding hydrogens is 630 g/mol. The third kappa shape index (κ3) is 7.54. The van der Waals surface area contributed by atoms with Gasteiger partial charge in [-0.1, -0.05) is 47.9 Å². The van der Waals surface area contributed by atoms with Gasteiger partial charge in [-0.3, -0.25) is 14.7 Å². The van der Waals surface area contributed by atoms with E-state index in [1.807, 2.05) is 35.2 Å². The van der Waals surface area contributed by atoms with Gasteiger partial charge in [0.25, 0.3) is 0 Å². The van der Waals surface area contributed by atoms with Gasteiger partial charge in [-0.2, -0.15) is 0 Å². The van der Waals surface area contributed by atoms with Crippen LogP contribution in [0.2, 0.25) is 5.02 Å². The van der Waals surface area contributed by atoms with Crippen LogP contribution in [-0.4, -0.2) is 118 Å². The Bertz CT molecular complexity index is 1690. The van der Waals surface area contributed by atoms with E-state index in [2.05, 4.69) is 38.2 Å². The number of piperidine rings is 2. The molecule has 1 atom stereocenters. The minimum atomic E-state index is -0.817. The lowest BCUT2D eigenvalue weighted by molar-refractivity contribution is -0.135. The summed E-state index contributed by atoms with van der Waals surface area (Å²) in [6.45, 7) is 6.31. The van der Waals surface area contributed by atoms with E-state index >= 15 is 0 Å². The highest BCUT2D eigenvalue weighted by atomic mass is 35.5. The third-order valence-electron chi connectivity index (χ3n) is 10.00. The number of carbonyl (C=O) groups is 2. The first-order valence-corrected chi connectivity index (χ1v) is 17.1. The van der Waals surface area contributed by atoms with Crippen LogP contribution in [0.25, 0.3) is 11.4 Å². The highest BCUT2D eigenvalue weighted by molar-refractivity contribution is 6.33. The number of likely N-dealkylation sites (N-methyl/N-ethyl adjacent to an activating group) is 1. The average molecular weight is 674 g/mol. The molecule has 254 valence electrons. The standard InChI is InChI=1S/C35H44ClN9O3/c1-3-25-21-24(22-29(36)31(25)37)23-30(33(46)43-13-9-27(10-14-43)42-19-17-41(2)18-20-42)38-34(47)44-15-11-28(12-16-44)45-35(48)39-32(40-45)26-7-5-4-6-8-26/h1,4-8,21-22,27-28,30H,9-20,23,37H2,2H3,(H,38,47)(H,39,40,48)/t30-/m1/s1. The van der Waals surface area contributed by atoms with Gasteiger partial charge in [-0.15, -0.1) is 11.5 Å². The molecule has 3 aliphatic heterocycles. The number of terminal acetylenes is 1. The average Bonchev–Trinajstić information content (AvgIpc) is 3.51. The molecule has 3 saturated heterocycles. The number of aromatic amines is 1. The zero-order valence-corrected chi connectivity index (χ0v) is 28.2. The van der Waals surface area contributed by atoms with E-state index in [0.717, 1.165) is 50.1 Å². The summed E-state index contributed by atoms with van der Waals surface area (Å²) in [4.78, 5) is 51.8. The number of H-pyrrole nitrogens is 1. The molecule has 0 saturated carbocycles. The maximum absolute atomic E-state index is 14.1. The molecule has 2 aromatic carbocycles. The second-order valence-corrected chi connectivity index (χ2v) is 13.5. The van der Waals surface area contributed by atoms with Gasteiger partial charge in [0.15, 0.2) is 5.82 Å². The molecule has 13 heteroatoms. The fraction of sp³-hybridized carbons (Fsp3) is 0.486. The van der Waals surface area contributed by atoms with Crippen molar-refractivity contribution >= 4 is 29.2 Å². The van der Waals surface area contributed by atoms with Crippen LogP contribution in [0.1, 0.15) is 42.9 Å². The summed E-state index contributed by atoms with van der Waals surface area (Å²) >= 11 is 6.40. The van der Waals surface area contributed by atoms with E-state index in [0.29, 0.717) is 67.2 Å². The minimum absolute atomic E-state index is 0.123. The van der Waals surface area contributed by atoms with Gasteiger partial charge in [0.1, 0.15) is 6.04 Å². The Morgan fingerprint density at radius 1 is 1.00 bits per heavy atom. The van der Waals surface area contributed by atoms with Crippen LogP contribution in [0.15, 0.2) is 47.3 Å². The number of halogens is 1. The minimum Gasteiger partial charge on any atom is -0.397 e. The number of likely N-dealkylation sites (tertiary alicyclic amines) is 2. The number of urea groups is 1. The van der Waals surface area contributed by atoms with Crippen molar-refractivity contribution in [3.05, 3.63) is 69.1 Å². The SMILES string of the molecule is C#Cc1cc(C[C@@H](NC(=O)N2CCC(n3nc(-c4ccccc4)[nH]c3=O)CC2)C(=O)N2CCC(N3CCN(C)CC3)CC2)cc(Cl)c1N. The zero-order chi connectivity index (χ0) is 33.8. The van der Waals surface area contributed by atoms with Crippen molar-refractivity contribution in [2.24, 2.45) is 0 Å². The molecule has 3 amide bonds. The Morgan fingerprint density at radius 3 is 2.31 bits per heavy atom. The van der Waals surface area contributed by atoms with E-state index in [-0.39, 0.29) is 30.1 Å². The van der Waals surface area contributed by atoms with Crippen LogP contribution in [0.4, 0.5) is 10.5 Å². The van der Waals surface area contributed by atoms with Crippen molar-refractivity contribution in [3.8, 4) is 23.7 Å². The fourth-order valence-electron chi connectivity index (χ4n) is 7.07. The molecule has 0 radical (unpaired) electrons. The van der Waals surface area contributed by atoms with Crippen LogP contribution in [0.3, 0.4) is 0 Å². The van der Waals surface area contributed by atoms with Gasteiger partial charge in [0.2, 0.25) is 5.91 Å². The van der Waals surface area contributed by atoms with Gasteiger partial charge in [-0.25, -0.2) is 14.3 Å². The predicted octanol–water partition coefficient (Wildman–Crippen LogP) is 2.65. The first-order chi connectivity index (χ1) is 23.2. The number of nitrogens with one attached hydrogen (secondary N) is 2. The number of aromatic nitrogens is 3. The molecule has 3 fully saturated rings. The van der Waals surface area contributed by atoms with Gasteiger partial charge >= 0.3 is 11.7 Å². The number of nitrogens with two attached hydrogens (primary N) is 1. The molecular formula is C35H44ClN9O3. The van der Waals surface area contributed by atoms with Crippen molar-refractivity contribution < 1.29 is 9.59 Å². The molecule has 3 aromatic rings. The zero-order valence-electron chi connectivity index (χ0n) is 27.4. The summed E-state index contributed by atoms with van der Waals surface area (Å²) in [6.07, 6.45) is 8.82. The summed E-state index contributed by atoms with van der Waals surface area (Å²) < 4.78 is 1.49. The number of benzene rings is 2. The molecule has 0 bridgehead atoms. The van der Waals surface area contributed by atoms with Crippen LogP contribution in [0.5, 0.6) is 0 Å². The number of nitrogen functional groups attached to an aromatic ring is 1. The molecule has 12 nitrogen and oxygen atoms in total. The highest BCUT2D eigenvalue weighted by Gasteiger charge is 2.34. The number of hydrogen-bond acceptors (Lipinski definition) is 7. The van der Waals surface area contributed by atoms with Crippen molar-refractivity contribution in [1.29, 1.82) is 0 Å². The van der Waals surface area contributed by atoms with E-state index in [1.165, 1.54) is 4.68 Å². The summed E-state index contributed by atoms with van der Waals surface area (Å²) in [5, 5.41) is 7.91. The third-order valence-corrected chi connectivity index (χ3v) is 10.3. The van der Waals surface area contributed by atoms with Gasteiger partial charge < -0.3 is 25.8 Å². The van der Waals surface area contributed by atoms with Gasteiger partial charge in [-0.05, 0) is 50.4 Å². The first-order valence-electron chi connectivity index (χ1n) is 16.8. The van der Waals surface area contributed by atoms with Crippen LogP contribution >= 0.6 is 11.6 Å². The van der Waals surface area contributed by atoms with Crippen LogP contribution in [0, 0.1) is 12.3 Å². The second-order valence-electron chi connectivity index (χ2n) is 13.1. The Morgan fingerprint density at radius 2 is 1.65 bits per heavy atom. The largest absolute Gasteiger partial charge is 0.397 e. The number of hydrogen-bond donors (Lipinski definition) is 3. The van der Waals surface area contributed by atoms with Crippen LogP contribution in [-0.2, 0) is 11.2 Å². The second kappa shape index (κ2) is 14.8. The van der Waals surface area contributed by atoms with Crippen molar-refractivity contribution in [3.63, 3.8) is 0 Å². The molecule has 4 heterocycles. The number of rotatable bonds is 7. The van der Waals surface area contributed by atoms with Crippen LogP contribution < -0.4 is 16.7 Å². The quantitative estimate of drug-likeness (QED) is 0.259. The van der Waals surface area contributed by atoms with Gasteiger partial charge in [0.05, 0.1) is 16.8 Å². The molecule has 6 rings (SSSR count). The van der Waals surface area contributed by atoms with E-state index in [9.17, 15) is 14.4 Å². The molecule has 0 aliphatic carbocycles. The normalized spacial score (nSPS) is 19.2. The van der Waals surface area contributed by atoms with Crippen molar-refractivity contribution in [2.75, 3.05) is 65.1 Å². The Kier molecular flexibility index (Phi) is 10.4. The molecule has 0 unspecified atom stereocenters. The number of nitrogens with zero attached hydrogens (tertiary/aromatic N) is 6. The number of piperazine rings is 1. The summed E-state index contributed by atoms with van der Waals surface area (Å²) in [5.74, 6) is 2.96. The molecule has 4 N–H and O–H groups in total. The summed E-state index contributed by atoms with van der Waals surface area (Å²) in [5.41, 5.74) is 8.12. The Hall–Kier alpha value is -4.31. The Balaban J connectivity index is 1.12. The fourth-order valence-corrected chi connectivity index (χ4v) is 7.31. The van der Waals surface area contributed by atoms with E-state index in [4.69, 9.17) is 23.8 Å². The molecule has 3 aliphatic rings. The smallest absolute Gasteiger partial charge is 0.343 e. The Labute approximate surface area is 286 Å². The van der Waals surface area contributed by atoms with E-state index in [1.54, 1.807) is 17.0 Å². The summed E-state index contributed by atoms with van der Waals surface area (Å²) in [7, 11) is 2.15. The maximum Gasteiger partial charge on any atom is 0.343 e. The van der Waals surface area contributed by atoms with Crippen molar-refractivity contribution in [1.82, 2.24) is 39.7 Å². The van der Waals surface area contributed by atoms with Gasteiger partial charge in [0, 0.05) is 75.9 Å².